The van der Waals surface area contributed by atoms with Gasteiger partial charge in [-0.1, -0.05) is 11.6 Å². The van der Waals surface area contributed by atoms with Crippen molar-refractivity contribution in [2.75, 3.05) is 18.0 Å². The van der Waals surface area contributed by atoms with Crippen LogP contribution in [0.3, 0.4) is 0 Å². The minimum Gasteiger partial charge on any atom is -0.489 e. The lowest BCUT2D eigenvalue weighted by atomic mass is 9.90. The van der Waals surface area contributed by atoms with Gasteiger partial charge in [0.15, 0.2) is 11.0 Å². The summed E-state index contributed by atoms with van der Waals surface area (Å²) in [5, 5.41) is 0.244. The predicted octanol–water partition coefficient (Wildman–Crippen LogP) is 3.35. The van der Waals surface area contributed by atoms with Gasteiger partial charge in [0, 0.05) is 12.7 Å². The fourth-order valence-electron chi connectivity index (χ4n) is 2.96. The summed E-state index contributed by atoms with van der Waals surface area (Å²) in [6.45, 7) is 1.42. The van der Waals surface area contributed by atoms with E-state index in [9.17, 15) is 4.39 Å². The zero-order valence-electron chi connectivity index (χ0n) is 11.4. The Hall–Kier alpha value is -1.66. The second-order valence-electron chi connectivity index (χ2n) is 5.45. The monoisotopic (exact) mass is 340 g/mol. The Morgan fingerprint density at radius 2 is 2.14 bits per heavy atom. The van der Waals surface area contributed by atoms with Crippen LogP contribution in [0, 0.1) is 5.82 Å². The molecule has 2 aliphatic heterocycles. The predicted molar refractivity (Wildman–Crippen MR) is 81.7 cm³/mol. The highest BCUT2D eigenvalue weighted by Gasteiger charge is 2.39. The SMILES string of the molecule is Fc1c(Cl)ncc2c(N3CCCC4(C=CO4)C3)nc(Cl)nc12. The lowest BCUT2D eigenvalue weighted by Crippen LogP contribution is -2.51. The Morgan fingerprint density at radius 1 is 1.32 bits per heavy atom. The highest BCUT2D eigenvalue weighted by Crippen LogP contribution is 2.37. The van der Waals surface area contributed by atoms with Crippen LogP contribution < -0.4 is 4.90 Å². The molecule has 0 aromatic carbocycles. The summed E-state index contributed by atoms with van der Waals surface area (Å²) >= 11 is 11.7. The number of anilines is 1. The number of hydrogen-bond acceptors (Lipinski definition) is 5. The lowest BCUT2D eigenvalue weighted by Gasteiger charge is -2.44. The molecule has 1 atom stereocenters. The molecule has 1 spiro atoms. The fourth-order valence-corrected chi connectivity index (χ4v) is 3.26. The van der Waals surface area contributed by atoms with E-state index in [2.05, 4.69) is 15.0 Å². The Bertz CT molecular complexity index is 800. The zero-order valence-corrected chi connectivity index (χ0v) is 12.9. The van der Waals surface area contributed by atoms with E-state index in [0.29, 0.717) is 17.7 Å². The van der Waals surface area contributed by atoms with Crippen molar-refractivity contribution in [3.63, 3.8) is 0 Å². The van der Waals surface area contributed by atoms with Gasteiger partial charge in [0.25, 0.3) is 0 Å². The number of nitrogens with zero attached hydrogens (tertiary/aromatic N) is 4. The molecule has 114 valence electrons. The standard InChI is InChI=1S/C14H11Cl2FN4O/c15-11-9(17)10-8(6-18-11)12(20-13(16)19-10)21-4-1-2-14(7-21)3-5-22-14/h3,5-6H,1-2,4,7H2. The third kappa shape index (κ3) is 2.09. The van der Waals surface area contributed by atoms with Crippen molar-refractivity contribution < 1.29 is 9.13 Å². The molecular weight excluding hydrogens is 330 g/mol. The first kappa shape index (κ1) is 14.0. The van der Waals surface area contributed by atoms with Gasteiger partial charge < -0.3 is 9.64 Å². The van der Waals surface area contributed by atoms with Crippen LogP contribution in [0.5, 0.6) is 0 Å². The number of piperidine rings is 1. The van der Waals surface area contributed by atoms with Crippen LogP contribution in [-0.2, 0) is 4.74 Å². The van der Waals surface area contributed by atoms with Gasteiger partial charge in [-0.25, -0.2) is 14.4 Å². The molecule has 1 unspecified atom stereocenters. The highest BCUT2D eigenvalue weighted by atomic mass is 35.5. The maximum absolute atomic E-state index is 14.2. The minimum absolute atomic E-state index is 0.0200. The van der Waals surface area contributed by atoms with E-state index in [1.807, 2.05) is 11.0 Å². The van der Waals surface area contributed by atoms with Gasteiger partial charge in [-0.05, 0) is 30.5 Å². The smallest absolute Gasteiger partial charge is 0.225 e. The Kier molecular flexibility index (Phi) is 3.13. The summed E-state index contributed by atoms with van der Waals surface area (Å²) in [6, 6.07) is 0. The number of rotatable bonds is 1. The average Bonchev–Trinajstić information content (AvgIpc) is 2.49. The Labute approximate surface area is 135 Å². The van der Waals surface area contributed by atoms with Crippen molar-refractivity contribution in [2.24, 2.45) is 0 Å². The van der Waals surface area contributed by atoms with Gasteiger partial charge in [-0.2, -0.15) is 4.98 Å². The lowest BCUT2D eigenvalue weighted by molar-refractivity contribution is 0.0117. The van der Waals surface area contributed by atoms with E-state index >= 15 is 0 Å². The van der Waals surface area contributed by atoms with E-state index in [0.717, 1.165) is 19.4 Å². The van der Waals surface area contributed by atoms with Crippen LogP contribution in [0.1, 0.15) is 12.8 Å². The van der Waals surface area contributed by atoms with E-state index < -0.39 is 5.82 Å². The molecule has 22 heavy (non-hydrogen) atoms. The number of pyridine rings is 1. The second-order valence-corrected chi connectivity index (χ2v) is 6.15. The summed E-state index contributed by atoms with van der Waals surface area (Å²) in [4.78, 5) is 14.1. The van der Waals surface area contributed by atoms with Crippen molar-refractivity contribution in [3.8, 4) is 0 Å². The molecule has 2 aliphatic rings. The first-order chi connectivity index (χ1) is 10.6. The first-order valence-corrected chi connectivity index (χ1v) is 7.61. The van der Waals surface area contributed by atoms with Gasteiger partial charge in [-0.15, -0.1) is 0 Å². The summed E-state index contributed by atoms with van der Waals surface area (Å²) in [7, 11) is 0. The number of aromatic nitrogens is 3. The molecule has 0 N–H and O–H groups in total. The van der Waals surface area contributed by atoms with Crippen LogP contribution in [0.4, 0.5) is 10.2 Å². The van der Waals surface area contributed by atoms with Crippen LogP contribution in [0.25, 0.3) is 10.9 Å². The van der Waals surface area contributed by atoms with Crippen LogP contribution in [0.15, 0.2) is 18.5 Å². The first-order valence-electron chi connectivity index (χ1n) is 6.86. The quantitative estimate of drug-likeness (QED) is 0.588. The molecule has 2 aromatic heterocycles. The number of ether oxygens (including phenoxy) is 1. The third-order valence-electron chi connectivity index (χ3n) is 4.05. The third-order valence-corrected chi connectivity index (χ3v) is 4.49. The van der Waals surface area contributed by atoms with Crippen molar-refractivity contribution in [3.05, 3.63) is 34.8 Å². The molecule has 0 saturated carbocycles. The van der Waals surface area contributed by atoms with E-state index in [-0.39, 0.29) is 21.6 Å². The molecular formula is C14H11Cl2FN4O. The van der Waals surface area contributed by atoms with Gasteiger partial charge in [0.05, 0.1) is 18.2 Å². The van der Waals surface area contributed by atoms with Gasteiger partial charge >= 0.3 is 0 Å². The Morgan fingerprint density at radius 3 is 2.86 bits per heavy atom. The van der Waals surface area contributed by atoms with Crippen molar-refractivity contribution in [1.29, 1.82) is 0 Å². The average molecular weight is 341 g/mol. The molecule has 4 heterocycles. The van der Waals surface area contributed by atoms with Crippen LogP contribution in [0.2, 0.25) is 10.4 Å². The number of halogens is 3. The molecule has 1 saturated heterocycles. The van der Waals surface area contributed by atoms with Gasteiger partial charge in [0.1, 0.15) is 16.9 Å². The molecule has 0 aliphatic carbocycles. The summed E-state index contributed by atoms with van der Waals surface area (Å²) in [6.07, 6.45) is 7.10. The second kappa shape index (κ2) is 4.93. The minimum atomic E-state index is -0.684. The summed E-state index contributed by atoms with van der Waals surface area (Å²) < 4.78 is 19.7. The molecule has 0 radical (unpaired) electrons. The van der Waals surface area contributed by atoms with Crippen molar-refractivity contribution in [2.45, 2.75) is 18.4 Å². The van der Waals surface area contributed by atoms with E-state index in [1.165, 1.54) is 6.20 Å². The zero-order chi connectivity index (χ0) is 15.3. The van der Waals surface area contributed by atoms with Gasteiger partial charge in [0.2, 0.25) is 5.28 Å². The number of fused-ring (bicyclic) bond motifs is 1. The van der Waals surface area contributed by atoms with Crippen molar-refractivity contribution in [1.82, 2.24) is 15.0 Å². The topological polar surface area (TPSA) is 51.1 Å². The molecule has 0 bridgehead atoms. The maximum atomic E-state index is 14.2. The molecule has 8 heteroatoms. The number of hydrogen-bond donors (Lipinski definition) is 0. The largest absolute Gasteiger partial charge is 0.489 e. The van der Waals surface area contributed by atoms with E-state index in [4.69, 9.17) is 27.9 Å². The maximum Gasteiger partial charge on any atom is 0.225 e. The highest BCUT2D eigenvalue weighted by molar-refractivity contribution is 6.30. The van der Waals surface area contributed by atoms with Gasteiger partial charge in [-0.3, -0.25) is 0 Å². The van der Waals surface area contributed by atoms with Crippen LogP contribution >= 0.6 is 23.2 Å². The molecule has 0 amide bonds. The molecule has 4 rings (SSSR count). The van der Waals surface area contributed by atoms with Crippen LogP contribution in [-0.4, -0.2) is 33.6 Å². The molecule has 1 fully saturated rings. The normalized spacial score (nSPS) is 23.7. The summed E-state index contributed by atoms with van der Waals surface area (Å²) in [5.74, 6) is -0.128. The Balaban J connectivity index is 1.84. The summed E-state index contributed by atoms with van der Waals surface area (Å²) in [5.41, 5.74) is -0.194. The molecule has 2 aromatic rings. The van der Waals surface area contributed by atoms with Crippen molar-refractivity contribution >= 4 is 39.9 Å². The molecule has 5 nitrogen and oxygen atoms in total. The fraction of sp³-hybridized carbons (Fsp3) is 0.357. The van der Waals surface area contributed by atoms with E-state index in [1.54, 1.807) is 6.26 Å².